The fourth-order valence-electron chi connectivity index (χ4n) is 8.34. The van der Waals surface area contributed by atoms with Crippen LogP contribution < -0.4 is 22.1 Å². The second-order valence-corrected chi connectivity index (χ2v) is 19.0. The monoisotopic (exact) mass is 1110 g/mol. The lowest BCUT2D eigenvalue weighted by atomic mass is 10.1. The molecule has 0 saturated carbocycles. The van der Waals surface area contributed by atoms with Gasteiger partial charge in [-0.15, -0.1) is 0 Å². The SMILES string of the molecule is N#Cc1ccc(COC[C@H]2O[C@@H](n3c(NCc4ccc(Cl)c(Cl)c4)nc4c(N)ncnc43)[C@H](O)[C@@H]2O)cc1.N#Cc1ccc(COC[C@H]2O[C@@H](n3c(NCc4ccc(Cl)c(Cl)c4)nc4c(N)ncnc43)[C@H](O)[C@@H]2O)cc1. The third kappa shape index (κ3) is 11.8. The number of imidazole rings is 2. The van der Waals surface area contributed by atoms with Crippen LogP contribution in [0, 0.1) is 22.7 Å². The second-order valence-electron chi connectivity index (χ2n) is 17.4. The summed E-state index contributed by atoms with van der Waals surface area (Å²) >= 11 is 24.3. The molecular formula is C50H46Cl4N14O8. The Bertz CT molecular complexity index is 3210. The molecule has 6 heterocycles. The molecule has 8 atom stereocenters. The zero-order valence-corrected chi connectivity index (χ0v) is 42.7. The van der Waals surface area contributed by atoms with Crippen molar-refractivity contribution in [2.75, 3.05) is 35.3 Å². The first-order valence-corrected chi connectivity index (χ1v) is 24.7. The van der Waals surface area contributed by atoms with Gasteiger partial charge in [-0.05, 0) is 70.8 Å². The molecule has 0 aliphatic carbocycles. The summed E-state index contributed by atoms with van der Waals surface area (Å²) in [4.78, 5) is 25.6. The van der Waals surface area contributed by atoms with Crippen molar-refractivity contribution in [3.63, 3.8) is 0 Å². The summed E-state index contributed by atoms with van der Waals surface area (Å²) < 4.78 is 26.7. The highest BCUT2D eigenvalue weighted by atomic mass is 35.5. The zero-order chi connectivity index (χ0) is 53.6. The maximum atomic E-state index is 10.9. The van der Waals surface area contributed by atoms with E-state index >= 15 is 0 Å². The fourth-order valence-corrected chi connectivity index (χ4v) is 8.98. The third-order valence-corrected chi connectivity index (χ3v) is 13.8. The van der Waals surface area contributed by atoms with E-state index in [4.69, 9.17) is 87.3 Å². The molecule has 2 aliphatic rings. The summed E-state index contributed by atoms with van der Waals surface area (Å²) in [6.07, 6.45) is -6.24. The summed E-state index contributed by atoms with van der Waals surface area (Å²) in [6, 6.07) is 28.5. The summed E-state index contributed by atoms with van der Waals surface area (Å²) in [7, 11) is 0. The van der Waals surface area contributed by atoms with Gasteiger partial charge in [0.05, 0.1) is 69.8 Å². The first kappa shape index (κ1) is 53.8. The Hall–Kier alpha value is -7.00. The molecule has 22 nitrogen and oxygen atoms in total. The lowest BCUT2D eigenvalue weighted by Crippen LogP contribution is -2.34. The normalized spacial score (nSPS) is 21.0. The molecule has 0 amide bonds. The number of nitrogens with zero attached hydrogens (tertiary/aromatic N) is 10. The third-order valence-electron chi connectivity index (χ3n) is 12.3. The predicted molar refractivity (Wildman–Crippen MR) is 281 cm³/mol. The molecular weight excluding hydrogens is 1070 g/mol. The molecule has 0 unspecified atom stereocenters. The van der Waals surface area contributed by atoms with Gasteiger partial charge in [-0.2, -0.15) is 10.5 Å². The number of benzene rings is 4. The van der Waals surface area contributed by atoms with E-state index in [2.05, 4.69) is 52.7 Å². The van der Waals surface area contributed by atoms with E-state index in [1.54, 1.807) is 81.9 Å². The van der Waals surface area contributed by atoms with Crippen molar-refractivity contribution in [2.24, 2.45) is 0 Å². The van der Waals surface area contributed by atoms with Crippen molar-refractivity contribution < 1.29 is 39.4 Å². The largest absolute Gasteiger partial charge is 0.387 e. The number of rotatable bonds is 16. The van der Waals surface area contributed by atoms with Crippen LogP contribution in [0.1, 0.15) is 45.8 Å². The number of hydrogen-bond acceptors (Lipinski definition) is 20. The van der Waals surface area contributed by atoms with Crippen molar-refractivity contribution in [3.05, 3.63) is 151 Å². The predicted octanol–water partition coefficient (Wildman–Crippen LogP) is 6.07. The van der Waals surface area contributed by atoms with E-state index in [0.717, 1.165) is 22.3 Å². The molecule has 10 N–H and O–H groups in total. The Morgan fingerprint density at radius 1 is 0.539 bits per heavy atom. The van der Waals surface area contributed by atoms with Gasteiger partial charge in [-0.3, -0.25) is 9.13 Å². The van der Waals surface area contributed by atoms with Crippen molar-refractivity contribution in [1.82, 2.24) is 39.0 Å². The number of hydrogen-bond donors (Lipinski definition) is 8. The summed E-state index contributed by atoms with van der Waals surface area (Å²) in [5, 5.41) is 69.3. The van der Waals surface area contributed by atoms with Gasteiger partial charge in [-0.25, -0.2) is 29.9 Å². The highest BCUT2D eigenvalue weighted by Crippen LogP contribution is 2.38. The molecule has 0 bridgehead atoms. The van der Waals surface area contributed by atoms with Crippen LogP contribution in [0.5, 0.6) is 0 Å². The quantitative estimate of drug-likeness (QED) is 0.0544. The average molecular weight is 1110 g/mol. The molecule has 4 aromatic carbocycles. The van der Waals surface area contributed by atoms with Gasteiger partial charge in [0.2, 0.25) is 11.9 Å². The molecule has 26 heteroatoms. The van der Waals surface area contributed by atoms with E-state index in [0.29, 0.717) is 78.5 Å². The second kappa shape index (κ2) is 23.9. The Labute approximate surface area is 452 Å². The van der Waals surface area contributed by atoms with Crippen LogP contribution in [0.25, 0.3) is 22.3 Å². The summed E-state index contributed by atoms with van der Waals surface area (Å²) in [5.74, 6) is 0.908. The number of nitriles is 2. The smallest absolute Gasteiger partial charge is 0.207 e. The molecule has 0 radical (unpaired) electrons. The van der Waals surface area contributed by atoms with Crippen LogP contribution in [-0.2, 0) is 45.3 Å². The molecule has 392 valence electrons. The van der Waals surface area contributed by atoms with Crippen molar-refractivity contribution >= 4 is 92.3 Å². The molecule has 4 aromatic heterocycles. The van der Waals surface area contributed by atoms with Gasteiger partial charge in [0.15, 0.2) is 46.4 Å². The zero-order valence-electron chi connectivity index (χ0n) is 39.7. The van der Waals surface area contributed by atoms with Gasteiger partial charge in [-0.1, -0.05) is 82.8 Å². The van der Waals surface area contributed by atoms with Gasteiger partial charge in [0.1, 0.15) is 49.3 Å². The fraction of sp³-hybridized carbons (Fsp3) is 0.280. The van der Waals surface area contributed by atoms with Crippen LogP contribution in [0.15, 0.2) is 97.6 Å². The van der Waals surface area contributed by atoms with Crippen LogP contribution in [-0.4, -0.2) is 109 Å². The number of aromatic nitrogens is 8. The lowest BCUT2D eigenvalue weighted by Gasteiger charge is -2.20. The standard InChI is InChI=1S/2C25H23Cl2N7O4/c2*26-16-6-5-15(7-17(16)27)9-30-25-33-19-22(29)31-12-32-23(19)34(25)24-21(36)20(35)18(38-24)11-37-10-14-3-1-13(8-28)2-4-14/h2*1-7,12,18,20-21,24,35-36H,9-11H2,(H,30,33)(H2,29,31,32)/t2*18-,20-,21-,24-/m11/s1. The maximum Gasteiger partial charge on any atom is 0.207 e. The highest BCUT2D eigenvalue weighted by molar-refractivity contribution is 6.42. The molecule has 76 heavy (non-hydrogen) atoms. The number of fused-ring (bicyclic) bond motifs is 2. The minimum atomic E-state index is -1.31. The highest BCUT2D eigenvalue weighted by Gasteiger charge is 2.47. The topological polar surface area (TPSA) is 329 Å². The first-order chi connectivity index (χ1) is 36.7. The van der Waals surface area contributed by atoms with E-state index in [-0.39, 0.29) is 38.1 Å². The molecule has 2 saturated heterocycles. The average Bonchev–Trinajstić information content (AvgIpc) is 4.17. The summed E-state index contributed by atoms with van der Waals surface area (Å²) in [6.45, 7) is 1.15. The number of ether oxygens (including phenoxy) is 4. The Balaban J connectivity index is 0.000000186. The Morgan fingerprint density at radius 3 is 1.29 bits per heavy atom. The van der Waals surface area contributed by atoms with Crippen molar-refractivity contribution in [3.8, 4) is 12.1 Å². The van der Waals surface area contributed by atoms with Gasteiger partial charge >= 0.3 is 0 Å². The van der Waals surface area contributed by atoms with Crippen molar-refractivity contribution in [2.45, 2.75) is 75.4 Å². The van der Waals surface area contributed by atoms with Crippen molar-refractivity contribution in [1.29, 1.82) is 10.5 Å². The number of nitrogen functional groups attached to an aromatic ring is 2. The van der Waals surface area contributed by atoms with E-state index < -0.39 is 49.1 Å². The molecule has 2 aliphatic heterocycles. The first-order valence-electron chi connectivity index (χ1n) is 23.2. The van der Waals surface area contributed by atoms with E-state index in [1.807, 2.05) is 12.1 Å². The minimum Gasteiger partial charge on any atom is -0.387 e. The van der Waals surface area contributed by atoms with Gasteiger partial charge < -0.3 is 61.5 Å². The molecule has 2 fully saturated rings. The number of nitrogens with one attached hydrogen (secondary N) is 2. The molecule has 10 rings (SSSR count). The molecule has 8 aromatic rings. The minimum absolute atomic E-state index is 0.0184. The number of halogens is 4. The van der Waals surface area contributed by atoms with Crippen LogP contribution in [0.2, 0.25) is 20.1 Å². The summed E-state index contributed by atoms with van der Waals surface area (Å²) in [5.41, 5.74) is 17.8. The number of aliphatic hydroxyl groups is 4. The number of nitrogens with two attached hydrogens (primary N) is 2. The Kier molecular flexibility index (Phi) is 16.9. The molecule has 0 spiro atoms. The van der Waals surface area contributed by atoms with Crippen LogP contribution in [0.4, 0.5) is 23.5 Å². The van der Waals surface area contributed by atoms with E-state index in [1.165, 1.54) is 12.7 Å². The number of anilines is 4. The van der Waals surface area contributed by atoms with Crippen LogP contribution in [0.3, 0.4) is 0 Å². The van der Waals surface area contributed by atoms with Gasteiger partial charge in [0.25, 0.3) is 0 Å². The van der Waals surface area contributed by atoms with Crippen LogP contribution >= 0.6 is 46.4 Å². The Morgan fingerprint density at radius 2 is 0.921 bits per heavy atom. The maximum absolute atomic E-state index is 10.9. The van der Waals surface area contributed by atoms with E-state index in [9.17, 15) is 20.4 Å². The van der Waals surface area contributed by atoms with Gasteiger partial charge in [0, 0.05) is 13.1 Å². The number of aliphatic hydroxyl groups excluding tert-OH is 4. The lowest BCUT2D eigenvalue weighted by molar-refractivity contribution is -0.0675.